The van der Waals surface area contributed by atoms with Crippen LogP contribution >= 0.6 is 0 Å². The van der Waals surface area contributed by atoms with Gasteiger partial charge in [0.2, 0.25) is 5.91 Å². The highest BCUT2D eigenvalue weighted by molar-refractivity contribution is 5.82. The van der Waals surface area contributed by atoms with E-state index in [2.05, 4.69) is 51.6 Å². The molecule has 1 amide bonds. The Morgan fingerprint density at radius 2 is 1.92 bits per heavy atom. The Balaban J connectivity index is 1.31. The summed E-state index contributed by atoms with van der Waals surface area (Å²) in [7, 11) is 1.74. The van der Waals surface area contributed by atoms with Crippen LogP contribution in [0.5, 0.6) is 5.88 Å². The minimum absolute atomic E-state index is 0.00280. The molecule has 0 unspecified atom stereocenters. The van der Waals surface area contributed by atoms with Crippen LogP contribution in [-0.4, -0.2) is 43.6 Å². The number of aromatic nitrogens is 1. The molecule has 2 aromatic rings. The SMILES string of the molecule is COc1[nH+]ccc2c1CCC[C@]21CNC[C@H]1C(=O)N1CC[C@@H](c2ccccc2)C[C@H]1C1CCCCC1. The number of rotatable bonds is 4. The third-order valence-electron chi connectivity index (χ3n) is 10.0. The zero-order valence-electron chi connectivity index (χ0n) is 21.8. The molecule has 6 rings (SSSR count). The number of aromatic amines is 1. The Morgan fingerprint density at radius 1 is 1.08 bits per heavy atom. The molecule has 1 spiro atoms. The van der Waals surface area contributed by atoms with Crippen molar-refractivity contribution in [2.24, 2.45) is 11.8 Å². The molecule has 3 heterocycles. The zero-order valence-corrected chi connectivity index (χ0v) is 21.8. The summed E-state index contributed by atoms with van der Waals surface area (Å²) >= 11 is 0. The van der Waals surface area contributed by atoms with Gasteiger partial charge in [0.1, 0.15) is 0 Å². The Kier molecular flexibility index (Phi) is 6.76. The average Bonchev–Trinajstić information content (AvgIpc) is 3.37. The van der Waals surface area contributed by atoms with Crippen molar-refractivity contribution in [1.82, 2.24) is 10.2 Å². The third kappa shape index (κ3) is 4.13. The van der Waals surface area contributed by atoms with Crippen molar-refractivity contribution >= 4 is 5.91 Å². The fraction of sp³-hybridized carbons (Fsp3) is 0.613. The summed E-state index contributed by atoms with van der Waals surface area (Å²) in [6.45, 7) is 2.57. The predicted molar refractivity (Wildman–Crippen MR) is 141 cm³/mol. The Hall–Kier alpha value is -2.40. The largest absolute Gasteiger partial charge is 0.448 e. The molecule has 2 saturated heterocycles. The summed E-state index contributed by atoms with van der Waals surface area (Å²) in [4.78, 5) is 20.2. The van der Waals surface area contributed by atoms with Crippen LogP contribution in [0.4, 0.5) is 0 Å². The average molecular weight is 489 g/mol. The number of carbonyl (C=O) groups is 1. The van der Waals surface area contributed by atoms with Crippen molar-refractivity contribution in [1.29, 1.82) is 0 Å². The van der Waals surface area contributed by atoms with Gasteiger partial charge in [-0.15, -0.1) is 0 Å². The molecule has 1 aromatic carbocycles. The minimum atomic E-state index is -0.125. The second-order valence-corrected chi connectivity index (χ2v) is 11.7. The van der Waals surface area contributed by atoms with Crippen LogP contribution in [0.1, 0.15) is 80.4 Å². The predicted octanol–water partition coefficient (Wildman–Crippen LogP) is 4.66. The van der Waals surface area contributed by atoms with Gasteiger partial charge in [-0.2, -0.15) is 4.98 Å². The molecule has 5 nitrogen and oxygen atoms in total. The number of nitrogens with zero attached hydrogens (tertiary/aromatic N) is 1. The number of hydrogen-bond acceptors (Lipinski definition) is 3. The minimum Gasteiger partial charge on any atom is -0.448 e. The molecule has 2 aliphatic carbocycles. The molecule has 2 N–H and O–H groups in total. The van der Waals surface area contributed by atoms with E-state index in [0.29, 0.717) is 23.8 Å². The highest BCUT2D eigenvalue weighted by Crippen LogP contribution is 2.48. The number of amides is 1. The molecule has 5 heteroatoms. The molecule has 192 valence electrons. The van der Waals surface area contributed by atoms with Crippen LogP contribution in [0.3, 0.4) is 0 Å². The first-order valence-corrected chi connectivity index (χ1v) is 14.4. The quantitative estimate of drug-likeness (QED) is 0.681. The summed E-state index contributed by atoms with van der Waals surface area (Å²) in [5.74, 6) is 2.49. The first-order valence-electron chi connectivity index (χ1n) is 14.4. The van der Waals surface area contributed by atoms with Crippen molar-refractivity contribution in [2.75, 3.05) is 26.7 Å². The molecular formula is C31H42N3O2+. The number of fused-ring (bicyclic) bond motifs is 2. The number of hydrogen-bond donors (Lipinski definition) is 1. The van der Waals surface area contributed by atoms with Crippen LogP contribution in [0, 0.1) is 11.8 Å². The fourth-order valence-corrected chi connectivity index (χ4v) is 8.22. The molecule has 4 atom stereocenters. The smallest absolute Gasteiger partial charge is 0.369 e. The molecule has 1 aromatic heterocycles. The number of methoxy groups -OCH3 is 1. The van der Waals surface area contributed by atoms with Gasteiger partial charge in [-0.3, -0.25) is 4.79 Å². The number of H-pyrrole nitrogens is 1. The first kappa shape index (κ1) is 24.0. The Labute approximate surface area is 216 Å². The van der Waals surface area contributed by atoms with E-state index in [4.69, 9.17) is 4.74 Å². The monoisotopic (exact) mass is 488 g/mol. The lowest BCUT2D eigenvalue weighted by atomic mass is 9.64. The third-order valence-corrected chi connectivity index (χ3v) is 10.0. The molecule has 0 radical (unpaired) electrons. The number of piperidine rings is 1. The summed E-state index contributed by atoms with van der Waals surface area (Å²) in [6, 6.07) is 13.6. The van der Waals surface area contributed by atoms with Gasteiger partial charge in [-0.25, -0.2) is 0 Å². The van der Waals surface area contributed by atoms with Crippen molar-refractivity contribution < 1.29 is 14.5 Å². The number of carbonyl (C=O) groups excluding carboxylic acids is 1. The fourth-order valence-electron chi connectivity index (χ4n) is 8.22. The first-order chi connectivity index (χ1) is 17.7. The van der Waals surface area contributed by atoms with Crippen LogP contribution in [0.2, 0.25) is 0 Å². The van der Waals surface area contributed by atoms with E-state index in [1.165, 1.54) is 48.8 Å². The van der Waals surface area contributed by atoms with E-state index < -0.39 is 0 Å². The van der Waals surface area contributed by atoms with Gasteiger partial charge < -0.3 is 15.0 Å². The van der Waals surface area contributed by atoms with Crippen molar-refractivity contribution in [3.05, 3.63) is 59.3 Å². The summed E-state index contributed by atoms with van der Waals surface area (Å²) < 4.78 is 5.71. The van der Waals surface area contributed by atoms with Gasteiger partial charge in [0.05, 0.1) is 18.6 Å². The lowest BCUT2D eigenvalue weighted by Gasteiger charge is -2.48. The van der Waals surface area contributed by atoms with Gasteiger partial charge in [-0.1, -0.05) is 49.6 Å². The molecular weight excluding hydrogens is 446 g/mol. The van der Waals surface area contributed by atoms with E-state index in [0.717, 1.165) is 57.6 Å². The van der Waals surface area contributed by atoms with Gasteiger partial charge in [0.15, 0.2) is 6.20 Å². The molecule has 2 aliphatic heterocycles. The van der Waals surface area contributed by atoms with E-state index in [1.807, 2.05) is 6.20 Å². The van der Waals surface area contributed by atoms with E-state index in [1.54, 1.807) is 7.11 Å². The number of pyridine rings is 1. The maximum Gasteiger partial charge on any atom is 0.369 e. The topological polar surface area (TPSA) is 55.7 Å². The summed E-state index contributed by atoms with van der Waals surface area (Å²) in [6.07, 6.45) is 13.9. The lowest BCUT2D eigenvalue weighted by molar-refractivity contribution is -0.394. The lowest BCUT2D eigenvalue weighted by Crippen LogP contribution is -2.55. The van der Waals surface area contributed by atoms with E-state index >= 15 is 0 Å². The second kappa shape index (κ2) is 10.2. The van der Waals surface area contributed by atoms with Gasteiger partial charge in [0, 0.05) is 37.2 Å². The number of nitrogens with one attached hydrogen (secondary N) is 2. The van der Waals surface area contributed by atoms with Crippen LogP contribution < -0.4 is 15.0 Å². The van der Waals surface area contributed by atoms with Gasteiger partial charge in [0.25, 0.3) is 0 Å². The van der Waals surface area contributed by atoms with E-state index in [9.17, 15) is 4.79 Å². The number of benzene rings is 1. The molecule has 36 heavy (non-hydrogen) atoms. The van der Waals surface area contributed by atoms with E-state index in [-0.39, 0.29) is 11.3 Å². The van der Waals surface area contributed by atoms with Crippen LogP contribution in [0.25, 0.3) is 0 Å². The summed E-state index contributed by atoms with van der Waals surface area (Å²) in [5, 5.41) is 3.66. The normalized spacial score (nSPS) is 30.8. The summed E-state index contributed by atoms with van der Waals surface area (Å²) in [5.41, 5.74) is 3.94. The Morgan fingerprint density at radius 3 is 2.72 bits per heavy atom. The molecule has 4 aliphatic rings. The number of ether oxygens (including phenoxy) is 1. The zero-order chi connectivity index (χ0) is 24.5. The van der Waals surface area contributed by atoms with Gasteiger partial charge >= 0.3 is 5.88 Å². The van der Waals surface area contributed by atoms with Crippen molar-refractivity contribution in [3.8, 4) is 5.88 Å². The van der Waals surface area contributed by atoms with Crippen LogP contribution in [0.15, 0.2) is 42.6 Å². The maximum atomic E-state index is 14.6. The molecule has 0 bridgehead atoms. The van der Waals surface area contributed by atoms with Gasteiger partial charge in [-0.05, 0) is 67.9 Å². The highest BCUT2D eigenvalue weighted by Gasteiger charge is 2.53. The number of likely N-dealkylation sites (tertiary alicyclic amines) is 1. The second-order valence-electron chi connectivity index (χ2n) is 11.7. The van der Waals surface area contributed by atoms with Crippen molar-refractivity contribution in [2.45, 2.75) is 81.6 Å². The maximum absolute atomic E-state index is 14.6. The highest BCUT2D eigenvalue weighted by atomic mass is 16.5. The Bertz CT molecular complexity index is 1070. The standard InChI is InChI=1S/C31H41N3O2/c1-36-29-25-13-8-16-31(26(25)14-17-33-29)21-32-20-27(31)30(35)34-18-15-24(22-9-4-2-5-10-22)19-28(34)23-11-6-3-7-12-23/h2,4-5,9-10,14,17,23-24,27-28,32H,3,6-8,11-13,15-16,18-21H2,1H3/p+1/t24-,27+,28+,31+/m1/s1. The van der Waals surface area contributed by atoms with Crippen molar-refractivity contribution in [3.63, 3.8) is 0 Å². The molecule has 1 saturated carbocycles. The van der Waals surface area contributed by atoms with Crippen LogP contribution in [-0.2, 0) is 16.6 Å². The molecule has 3 fully saturated rings.